The molecule has 0 bridgehead atoms. The van der Waals surface area contributed by atoms with E-state index in [-0.39, 0.29) is 11.7 Å². The Morgan fingerprint density at radius 1 is 1.21 bits per heavy atom. The molecule has 1 heterocycles. The van der Waals surface area contributed by atoms with Gasteiger partial charge in [-0.05, 0) is 50.0 Å². The minimum absolute atomic E-state index is 0.106. The van der Waals surface area contributed by atoms with Gasteiger partial charge >= 0.3 is 0 Å². The highest BCUT2D eigenvalue weighted by atomic mass is 19.1. The van der Waals surface area contributed by atoms with Gasteiger partial charge < -0.3 is 10.2 Å². The smallest absolute Gasteiger partial charge is 0.221 e. The van der Waals surface area contributed by atoms with Gasteiger partial charge in [-0.15, -0.1) is 0 Å². The Bertz CT molecular complexity index is 399. The fourth-order valence-corrected chi connectivity index (χ4v) is 2.35. The first-order chi connectivity index (χ1) is 9.24. The minimum atomic E-state index is -0.224. The molecule has 1 amide bonds. The van der Waals surface area contributed by atoms with E-state index >= 15 is 0 Å². The molecule has 0 unspecified atom stereocenters. The number of amides is 1. The van der Waals surface area contributed by atoms with Gasteiger partial charge in [-0.1, -0.05) is 12.1 Å². The van der Waals surface area contributed by atoms with Crippen LogP contribution in [-0.2, 0) is 11.2 Å². The van der Waals surface area contributed by atoms with Crippen molar-refractivity contribution >= 4 is 5.91 Å². The lowest BCUT2D eigenvalue weighted by molar-refractivity contribution is -0.121. The highest BCUT2D eigenvalue weighted by Gasteiger charge is 2.12. The van der Waals surface area contributed by atoms with Crippen LogP contribution >= 0.6 is 0 Å². The third-order valence-electron chi connectivity index (χ3n) is 3.50. The zero-order valence-corrected chi connectivity index (χ0v) is 11.2. The molecule has 104 valence electrons. The van der Waals surface area contributed by atoms with Crippen molar-refractivity contribution in [1.82, 2.24) is 10.2 Å². The van der Waals surface area contributed by atoms with Gasteiger partial charge in [0.2, 0.25) is 5.91 Å². The number of hydrogen-bond donors (Lipinski definition) is 1. The molecule has 1 N–H and O–H groups in total. The molecule has 0 radical (unpaired) electrons. The third kappa shape index (κ3) is 4.99. The number of benzene rings is 1. The average molecular weight is 264 g/mol. The molecule has 0 spiro atoms. The van der Waals surface area contributed by atoms with E-state index in [0.29, 0.717) is 13.0 Å². The van der Waals surface area contributed by atoms with E-state index in [0.717, 1.165) is 31.6 Å². The van der Waals surface area contributed by atoms with Crippen LogP contribution in [0.5, 0.6) is 0 Å². The first-order valence-corrected chi connectivity index (χ1v) is 6.97. The van der Waals surface area contributed by atoms with Gasteiger partial charge in [0.15, 0.2) is 0 Å². The highest BCUT2D eigenvalue weighted by Crippen LogP contribution is 2.07. The Labute approximate surface area is 113 Å². The molecule has 1 aliphatic rings. The Kier molecular flexibility index (Phi) is 5.33. The van der Waals surface area contributed by atoms with E-state index in [2.05, 4.69) is 10.2 Å². The zero-order chi connectivity index (χ0) is 13.5. The van der Waals surface area contributed by atoms with Gasteiger partial charge in [0.05, 0.1) is 0 Å². The predicted octanol–water partition coefficient (Wildman–Crippen LogP) is 1.97. The fourth-order valence-electron chi connectivity index (χ4n) is 2.35. The summed E-state index contributed by atoms with van der Waals surface area (Å²) in [5.41, 5.74) is 1.04. The molecule has 0 aromatic heterocycles. The first kappa shape index (κ1) is 14.0. The van der Waals surface area contributed by atoms with Crippen molar-refractivity contribution in [3.8, 4) is 0 Å². The summed E-state index contributed by atoms with van der Waals surface area (Å²) >= 11 is 0. The van der Waals surface area contributed by atoms with Crippen LogP contribution in [0.1, 0.15) is 24.8 Å². The number of nitrogens with one attached hydrogen (secondary N) is 1. The molecule has 2 rings (SSSR count). The summed E-state index contributed by atoms with van der Waals surface area (Å²) in [7, 11) is 0. The molecule has 0 atom stereocenters. The summed E-state index contributed by atoms with van der Waals surface area (Å²) in [6.45, 7) is 3.73. The standard InChI is InChI=1S/C15H21FN2O/c16-14-5-3-13(4-6-14)7-9-17-15(19)8-12-18-10-1-2-11-18/h3-6H,1-2,7-12H2,(H,17,19). The van der Waals surface area contributed by atoms with Crippen LogP contribution in [0.25, 0.3) is 0 Å². The van der Waals surface area contributed by atoms with Crippen LogP contribution in [0.2, 0.25) is 0 Å². The molecule has 0 saturated carbocycles. The normalized spacial score (nSPS) is 15.6. The van der Waals surface area contributed by atoms with Crippen LogP contribution < -0.4 is 5.32 Å². The maximum atomic E-state index is 12.7. The van der Waals surface area contributed by atoms with Crippen LogP contribution in [0.4, 0.5) is 4.39 Å². The largest absolute Gasteiger partial charge is 0.356 e. The van der Waals surface area contributed by atoms with Gasteiger partial charge in [-0.2, -0.15) is 0 Å². The Balaban J connectivity index is 1.59. The lowest BCUT2D eigenvalue weighted by Gasteiger charge is -2.13. The summed E-state index contributed by atoms with van der Waals surface area (Å²) in [6.07, 6.45) is 3.83. The number of carbonyl (C=O) groups excluding carboxylic acids is 1. The minimum Gasteiger partial charge on any atom is -0.356 e. The number of rotatable bonds is 6. The molecular formula is C15H21FN2O. The summed E-state index contributed by atoms with van der Waals surface area (Å²) in [6, 6.07) is 6.41. The van der Waals surface area contributed by atoms with Crippen LogP contribution in [-0.4, -0.2) is 37.0 Å². The number of hydrogen-bond acceptors (Lipinski definition) is 2. The van der Waals surface area contributed by atoms with Crippen LogP contribution in [0.15, 0.2) is 24.3 Å². The van der Waals surface area contributed by atoms with Crippen LogP contribution in [0.3, 0.4) is 0 Å². The number of halogens is 1. The van der Waals surface area contributed by atoms with Gasteiger partial charge in [0, 0.05) is 19.5 Å². The van der Waals surface area contributed by atoms with E-state index in [4.69, 9.17) is 0 Å². The van der Waals surface area contributed by atoms with E-state index < -0.39 is 0 Å². The SMILES string of the molecule is O=C(CCN1CCCC1)NCCc1ccc(F)cc1. The van der Waals surface area contributed by atoms with Gasteiger partial charge in [-0.3, -0.25) is 4.79 Å². The molecule has 1 aromatic carbocycles. The van der Waals surface area contributed by atoms with E-state index in [1.807, 2.05) is 0 Å². The Morgan fingerprint density at radius 2 is 1.89 bits per heavy atom. The average Bonchev–Trinajstić information content (AvgIpc) is 2.92. The predicted molar refractivity (Wildman–Crippen MR) is 73.4 cm³/mol. The van der Waals surface area contributed by atoms with Crippen molar-refractivity contribution in [3.63, 3.8) is 0 Å². The first-order valence-electron chi connectivity index (χ1n) is 6.97. The van der Waals surface area contributed by atoms with Crippen molar-refractivity contribution in [2.45, 2.75) is 25.7 Å². The highest BCUT2D eigenvalue weighted by molar-refractivity contribution is 5.76. The van der Waals surface area contributed by atoms with Gasteiger partial charge in [0.1, 0.15) is 5.82 Å². The Morgan fingerprint density at radius 3 is 2.58 bits per heavy atom. The zero-order valence-electron chi connectivity index (χ0n) is 11.2. The van der Waals surface area contributed by atoms with E-state index in [1.165, 1.54) is 25.0 Å². The monoisotopic (exact) mass is 264 g/mol. The Hall–Kier alpha value is -1.42. The molecule has 1 aromatic rings. The summed E-state index contributed by atoms with van der Waals surface area (Å²) in [4.78, 5) is 14.0. The maximum Gasteiger partial charge on any atom is 0.221 e. The number of likely N-dealkylation sites (tertiary alicyclic amines) is 1. The quantitative estimate of drug-likeness (QED) is 0.852. The van der Waals surface area contributed by atoms with Crippen molar-refractivity contribution in [2.75, 3.05) is 26.2 Å². The third-order valence-corrected chi connectivity index (χ3v) is 3.50. The molecule has 3 nitrogen and oxygen atoms in total. The maximum absolute atomic E-state index is 12.7. The molecule has 19 heavy (non-hydrogen) atoms. The van der Waals surface area contributed by atoms with Crippen molar-refractivity contribution in [1.29, 1.82) is 0 Å². The number of carbonyl (C=O) groups is 1. The second-order valence-electron chi connectivity index (χ2n) is 5.03. The summed E-state index contributed by atoms with van der Waals surface area (Å²) in [5.74, 6) is -0.118. The number of nitrogens with zero attached hydrogens (tertiary/aromatic N) is 1. The second-order valence-corrected chi connectivity index (χ2v) is 5.03. The topological polar surface area (TPSA) is 32.3 Å². The molecule has 1 saturated heterocycles. The van der Waals surface area contributed by atoms with Crippen LogP contribution in [0, 0.1) is 5.82 Å². The second kappa shape index (κ2) is 7.24. The lowest BCUT2D eigenvalue weighted by Crippen LogP contribution is -2.30. The van der Waals surface area contributed by atoms with Gasteiger partial charge in [-0.25, -0.2) is 4.39 Å². The van der Waals surface area contributed by atoms with Crippen molar-refractivity contribution in [2.24, 2.45) is 0 Å². The summed E-state index contributed by atoms with van der Waals surface area (Å²) < 4.78 is 12.7. The van der Waals surface area contributed by atoms with Crippen molar-refractivity contribution in [3.05, 3.63) is 35.6 Å². The summed E-state index contributed by atoms with van der Waals surface area (Å²) in [5, 5.41) is 2.91. The van der Waals surface area contributed by atoms with Crippen molar-refractivity contribution < 1.29 is 9.18 Å². The molecule has 4 heteroatoms. The molecule has 1 fully saturated rings. The van der Waals surface area contributed by atoms with Gasteiger partial charge in [0.25, 0.3) is 0 Å². The van der Waals surface area contributed by atoms with E-state index in [9.17, 15) is 9.18 Å². The molecular weight excluding hydrogens is 243 g/mol. The van der Waals surface area contributed by atoms with E-state index in [1.54, 1.807) is 12.1 Å². The lowest BCUT2D eigenvalue weighted by atomic mass is 10.1. The fraction of sp³-hybridized carbons (Fsp3) is 0.533. The molecule has 1 aliphatic heterocycles. The molecule has 0 aliphatic carbocycles.